The fraction of sp³-hybridized carbons (Fsp3) is 0.615. The standard InChI is InChI=1S/C13H19F3N2O/c1-10(2)17-7-3-4-8-18-9-11(13(14,15)16)5-6-12(18)19/h5-6,9-10,17H,3-4,7-8H2,1-2H3. The van der Waals surface area contributed by atoms with Gasteiger partial charge in [0.05, 0.1) is 5.56 Å². The fourth-order valence-corrected chi connectivity index (χ4v) is 1.67. The monoisotopic (exact) mass is 276 g/mol. The van der Waals surface area contributed by atoms with Crippen LogP contribution in [0.15, 0.2) is 23.1 Å². The zero-order chi connectivity index (χ0) is 14.5. The molecule has 0 atom stereocenters. The maximum Gasteiger partial charge on any atom is 0.417 e. The van der Waals surface area contributed by atoms with E-state index in [1.807, 2.05) is 13.8 Å². The van der Waals surface area contributed by atoms with E-state index >= 15 is 0 Å². The number of alkyl halides is 3. The molecule has 108 valence electrons. The van der Waals surface area contributed by atoms with E-state index in [0.717, 1.165) is 35.9 Å². The highest BCUT2D eigenvalue weighted by Crippen LogP contribution is 2.27. The van der Waals surface area contributed by atoms with E-state index in [2.05, 4.69) is 5.32 Å². The van der Waals surface area contributed by atoms with Crippen LogP contribution in [0.25, 0.3) is 0 Å². The maximum absolute atomic E-state index is 12.5. The smallest absolute Gasteiger partial charge is 0.315 e. The van der Waals surface area contributed by atoms with Gasteiger partial charge in [0.1, 0.15) is 0 Å². The molecule has 0 radical (unpaired) electrons. The summed E-state index contributed by atoms with van der Waals surface area (Å²) >= 11 is 0. The Hall–Kier alpha value is -1.30. The van der Waals surface area contributed by atoms with Crippen molar-refractivity contribution in [3.8, 4) is 0 Å². The normalized spacial score (nSPS) is 12.1. The molecule has 1 N–H and O–H groups in total. The molecule has 0 amide bonds. The number of halogens is 3. The summed E-state index contributed by atoms with van der Waals surface area (Å²) in [6.45, 7) is 5.16. The fourth-order valence-electron chi connectivity index (χ4n) is 1.67. The Kier molecular flexibility index (Phi) is 5.60. The number of aromatic nitrogens is 1. The van der Waals surface area contributed by atoms with Crippen LogP contribution in [0.5, 0.6) is 0 Å². The van der Waals surface area contributed by atoms with Crippen molar-refractivity contribution in [3.63, 3.8) is 0 Å². The number of unbranched alkanes of at least 4 members (excludes halogenated alkanes) is 1. The molecule has 0 aliphatic heterocycles. The van der Waals surface area contributed by atoms with E-state index in [0.29, 0.717) is 19.0 Å². The Morgan fingerprint density at radius 2 is 1.95 bits per heavy atom. The van der Waals surface area contributed by atoms with Gasteiger partial charge in [-0.25, -0.2) is 0 Å². The second kappa shape index (κ2) is 6.75. The van der Waals surface area contributed by atoms with Gasteiger partial charge in [-0.2, -0.15) is 13.2 Å². The topological polar surface area (TPSA) is 34.0 Å². The molecule has 1 heterocycles. The zero-order valence-electron chi connectivity index (χ0n) is 11.1. The number of hydrogen-bond donors (Lipinski definition) is 1. The van der Waals surface area contributed by atoms with Gasteiger partial charge in [-0.05, 0) is 25.5 Å². The molecule has 0 spiro atoms. The molecule has 19 heavy (non-hydrogen) atoms. The molecule has 6 heteroatoms. The van der Waals surface area contributed by atoms with Crippen molar-refractivity contribution in [1.29, 1.82) is 0 Å². The first-order chi connectivity index (χ1) is 8.80. The van der Waals surface area contributed by atoms with Gasteiger partial charge in [0.15, 0.2) is 0 Å². The van der Waals surface area contributed by atoms with Crippen LogP contribution in [0, 0.1) is 0 Å². The average Bonchev–Trinajstić information content (AvgIpc) is 2.29. The summed E-state index contributed by atoms with van der Waals surface area (Å²) in [6.07, 6.45) is -2.03. The van der Waals surface area contributed by atoms with Crippen molar-refractivity contribution in [2.45, 2.75) is 45.5 Å². The van der Waals surface area contributed by atoms with Crippen molar-refractivity contribution in [2.24, 2.45) is 0 Å². The largest absolute Gasteiger partial charge is 0.417 e. The molecule has 1 aromatic rings. The van der Waals surface area contributed by atoms with Crippen molar-refractivity contribution >= 4 is 0 Å². The van der Waals surface area contributed by atoms with E-state index in [9.17, 15) is 18.0 Å². The molecule has 0 bridgehead atoms. The van der Waals surface area contributed by atoms with Gasteiger partial charge in [-0.15, -0.1) is 0 Å². The average molecular weight is 276 g/mol. The van der Waals surface area contributed by atoms with E-state index in [-0.39, 0.29) is 0 Å². The molecule has 0 fully saturated rings. The molecule has 0 saturated heterocycles. The number of hydrogen-bond acceptors (Lipinski definition) is 2. The lowest BCUT2D eigenvalue weighted by Gasteiger charge is -2.11. The summed E-state index contributed by atoms with van der Waals surface area (Å²) in [5.41, 5.74) is -1.18. The molecule has 0 aliphatic rings. The highest BCUT2D eigenvalue weighted by Gasteiger charge is 2.30. The molecule has 0 saturated carbocycles. The van der Waals surface area contributed by atoms with Crippen LogP contribution < -0.4 is 10.9 Å². The lowest BCUT2D eigenvalue weighted by Crippen LogP contribution is -2.25. The zero-order valence-corrected chi connectivity index (χ0v) is 11.1. The van der Waals surface area contributed by atoms with Crippen LogP contribution >= 0.6 is 0 Å². The number of pyridine rings is 1. The van der Waals surface area contributed by atoms with Crippen LogP contribution in [0.4, 0.5) is 13.2 Å². The number of aryl methyl sites for hydroxylation is 1. The van der Waals surface area contributed by atoms with E-state index in [1.54, 1.807) is 0 Å². The Morgan fingerprint density at radius 1 is 1.26 bits per heavy atom. The van der Waals surface area contributed by atoms with E-state index in [1.165, 1.54) is 0 Å². The summed E-state index contributed by atoms with van der Waals surface area (Å²) in [5, 5.41) is 3.21. The molecule has 0 unspecified atom stereocenters. The lowest BCUT2D eigenvalue weighted by molar-refractivity contribution is -0.138. The highest BCUT2D eigenvalue weighted by atomic mass is 19.4. The number of nitrogens with one attached hydrogen (secondary N) is 1. The van der Waals surface area contributed by atoms with Crippen molar-refractivity contribution < 1.29 is 13.2 Å². The van der Waals surface area contributed by atoms with Gasteiger partial charge < -0.3 is 9.88 Å². The first-order valence-corrected chi connectivity index (χ1v) is 6.32. The summed E-state index contributed by atoms with van der Waals surface area (Å²) in [6, 6.07) is 2.17. The van der Waals surface area contributed by atoms with Crippen LogP contribution in [-0.2, 0) is 12.7 Å². The summed E-state index contributed by atoms with van der Waals surface area (Å²) in [4.78, 5) is 11.5. The van der Waals surface area contributed by atoms with Crippen LogP contribution in [-0.4, -0.2) is 17.2 Å². The summed E-state index contributed by atoms with van der Waals surface area (Å²) in [7, 11) is 0. The SMILES string of the molecule is CC(C)NCCCCn1cc(C(F)(F)F)ccc1=O. The van der Waals surface area contributed by atoms with Crippen molar-refractivity contribution in [1.82, 2.24) is 9.88 Å². The molecule has 1 rings (SSSR count). The van der Waals surface area contributed by atoms with E-state index < -0.39 is 17.3 Å². The van der Waals surface area contributed by atoms with Crippen LogP contribution in [0.3, 0.4) is 0 Å². The van der Waals surface area contributed by atoms with Gasteiger partial charge >= 0.3 is 6.18 Å². The predicted octanol–water partition coefficient (Wildman–Crippen LogP) is 2.65. The van der Waals surface area contributed by atoms with Crippen molar-refractivity contribution in [2.75, 3.05) is 6.54 Å². The van der Waals surface area contributed by atoms with Gasteiger partial charge in [0.25, 0.3) is 5.56 Å². The third-order valence-electron chi connectivity index (χ3n) is 2.69. The first kappa shape index (κ1) is 15.8. The van der Waals surface area contributed by atoms with Crippen LogP contribution in [0.1, 0.15) is 32.3 Å². The number of rotatable bonds is 6. The Balaban J connectivity index is 2.56. The van der Waals surface area contributed by atoms with Gasteiger partial charge in [-0.3, -0.25) is 4.79 Å². The van der Waals surface area contributed by atoms with Gasteiger partial charge in [0.2, 0.25) is 0 Å². The summed E-state index contributed by atoms with van der Waals surface area (Å²) < 4.78 is 38.6. The van der Waals surface area contributed by atoms with Crippen molar-refractivity contribution in [3.05, 3.63) is 34.2 Å². The number of nitrogens with zero attached hydrogens (tertiary/aromatic N) is 1. The molecule has 1 aromatic heterocycles. The lowest BCUT2D eigenvalue weighted by atomic mass is 10.2. The third kappa shape index (κ3) is 5.46. The second-order valence-electron chi connectivity index (χ2n) is 4.76. The van der Waals surface area contributed by atoms with Gasteiger partial charge in [-0.1, -0.05) is 13.8 Å². The minimum Gasteiger partial charge on any atom is -0.315 e. The summed E-state index contributed by atoms with van der Waals surface area (Å²) in [5.74, 6) is 0. The highest BCUT2D eigenvalue weighted by molar-refractivity contribution is 5.13. The molecular weight excluding hydrogens is 257 g/mol. The Bertz CT molecular complexity index is 452. The Morgan fingerprint density at radius 3 is 2.53 bits per heavy atom. The third-order valence-corrected chi connectivity index (χ3v) is 2.69. The van der Waals surface area contributed by atoms with E-state index in [4.69, 9.17) is 0 Å². The molecular formula is C13H19F3N2O. The quantitative estimate of drug-likeness (QED) is 0.810. The molecule has 0 aromatic carbocycles. The minimum atomic E-state index is -4.41. The second-order valence-corrected chi connectivity index (χ2v) is 4.76. The molecule has 0 aliphatic carbocycles. The Labute approximate surface area is 110 Å². The minimum absolute atomic E-state index is 0.308. The predicted molar refractivity (Wildman–Crippen MR) is 68.1 cm³/mol. The van der Waals surface area contributed by atoms with Crippen LogP contribution in [0.2, 0.25) is 0 Å². The van der Waals surface area contributed by atoms with Gasteiger partial charge in [0, 0.05) is 24.8 Å². The first-order valence-electron chi connectivity index (χ1n) is 6.32. The maximum atomic E-state index is 12.5. The molecule has 3 nitrogen and oxygen atoms in total.